The highest BCUT2D eigenvalue weighted by atomic mass is 16.5. The standard InChI is InChI=1S/C16H24N2O2/c1-3-9-18(11-13-4-6-14(17)7-5-13)16(19)15-8-10-20-12(15)2/h4-7,12,15H,3,8-11,17H2,1-2H3. The molecule has 1 aromatic carbocycles. The molecule has 0 aromatic heterocycles. The van der Waals surface area contributed by atoms with E-state index < -0.39 is 0 Å². The lowest BCUT2D eigenvalue weighted by Gasteiger charge is -2.26. The summed E-state index contributed by atoms with van der Waals surface area (Å²) >= 11 is 0. The molecule has 2 rings (SSSR count). The van der Waals surface area contributed by atoms with Crippen LogP contribution in [-0.4, -0.2) is 30.1 Å². The van der Waals surface area contributed by atoms with E-state index in [9.17, 15) is 4.79 Å². The summed E-state index contributed by atoms with van der Waals surface area (Å²) in [6, 6.07) is 7.73. The summed E-state index contributed by atoms with van der Waals surface area (Å²) in [6.07, 6.45) is 1.83. The molecular weight excluding hydrogens is 252 g/mol. The summed E-state index contributed by atoms with van der Waals surface area (Å²) in [6.45, 7) is 6.21. The van der Waals surface area contributed by atoms with Gasteiger partial charge in [-0.25, -0.2) is 0 Å². The van der Waals surface area contributed by atoms with Gasteiger partial charge >= 0.3 is 0 Å². The second-order valence-corrected chi connectivity index (χ2v) is 5.47. The summed E-state index contributed by atoms with van der Waals surface area (Å²) in [5, 5.41) is 0. The van der Waals surface area contributed by atoms with Gasteiger partial charge in [0.1, 0.15) is 0 Å². The molecule has 1 amide bonds. The Labute approximate surface area is 120 Å². The van der Waals surface area contributed by atoms with Gasteiger partial charge in [0.2, 0.25) is 5.91 Å². The SMILES string of the molecule is CCCN(Cc1ccc(N)cc1)C(=O)C1CCOC1C. The summed E-state index contributed by atoms with van der Waals surface area (Å²) in [5.74, 6) is 0.226. The smallest absolute Gasteiger partial charge is 0.228 e. The third kappa shape index (κ3) is 3.51. The summed E-state index contributed by atoms with van der Waals surface area (Å²) < 4.78 is 5.52. The predicted molar refractivity (Wildman–Crippen MR) is 80.1 cm³/mol. The highest BCUT2D eigenvalue weighted by Crippen LogP contribution is 2.24. The van der Waals surface area contributed by atoms with Gasteiger partial charge in [0, 0.05) is 25.4 Å². The summed E-state index contributed by atoms with van der Waals surface area (Å²) in [5.41, 5.74) is 7.56. The van der Waals surface area contributed by atoms with Crippen LogP contribution in [0.15, 0.2) is 24.3 Å². The number of anilines is 1. The van der Waals surface area contributed by atoms with E-state index in [1.54, 1.807) is 0 Å². The third-order valence-electron chi connectivity index (χ3n) is 3.85. The van der Waals surface area contributed by atoms with E-state index in [1.165, 1.54) is 0 Å². The Morgan fingerprint density at radius 1 is 1.40 bits per heavy atom. The molecule has 0 radical (unpaired) electrons. The molecule has 1 aliphatic rings. The number of benzene rings is 1. The molecule has 20 heavy (non-hydrogen) atoms. The monoisotopic (exact) mass is 276 g/mol. The number of nitrogens with two attached hydrogens (primary N) is 1. The van der Waals surface area contributed by atoms with Crippen LogP contribution in [0.25, 0.3) is 0 Å². The second-order valence-electron chi connectivity index (χ2n) is 5.47. The Hall–Kier alpha value is -1.55. The lowest BCUT2D eigenvalue weighted by Crippen LogP contribution is -2.38. The van der Waals surface area contributed by atoms with Crippen molar-refractivity contribution in [3.63, 3.8) is 0 Å². The van der Waals surface area contributed by atoms with Crippen LogP contribution in [0.3, 0.4) is 0 Å². The number of amides is 1. The molecule has 4 nitrogen and oxygen atoms in total. The van der Waals surface area contributed by atoms with Gasteiger partial charge in [0.05, 0.1) is 12.0 Å². The molecule has 1 aliphatic heterocycles. The lowest BCUT2D eigenvalue weighted by molar-refractivity contribution is -0.137. The first-order chi connectivity index (χ1) is 9.61. The molecule has 1 saturated heterocycles. The van der Waals surface area contributed by atoms with Crippen LogP contribution in [0.4, 0.5) is 5.69 Å². The minimum atomic E-state index is 0.00957. The van der Waals surface area contributed by atoms with Crippen LogP contribution >= 0.6 is 0 Å². The quantitative estimate of drug-likeness (QED) is 0.840. The minimum absolute atomic E-state index is 0.00957. The normalized spacial score (nSPS) is 21.9. The molecular formula is C16H24N2O2. The van der Waals surface area contributed by atoms with Gasteiger partial charge in [0.15, 0.2) is 0 Å². The maximum atomic E-state index is 12.6. The number of ether oxygens (including phenoxy) is 1. The minimum Gasteiger partial charge on any atom is -0.399 e. The van der Waals surface area contributed by atoms with Crippen molar-refractivity contribution in [2.24, 2.45) is 5.92 Å². The van der Waals surface area contributed by atoms with Crippen LogP contribution in [-0.2, 0) is 16.1 Å². The number of carbonyl (C=O) groups is 1. The van der Waals surface area contributed by atoms with E-state index in [2.05, 4.69) is 6.92 Å². The zero-order valence-corrected chi connectivity index (χ0v) is 12.3. The molecule has 110 valence electrons. The van der Waals surface area contributed by atoms with Crippen LogP contribution in [0, 0.1) is 5.92 Å². The van der Waals surface area contributed by atoms with E-state index in [1.807, 2.05) is 36.1 Å². The Morgan fingerprint density at radius 2 is 2.10 bits per heavy atom. The second kappa shape index (κ2) is 6.75. The number of carbonyl (C=O) groups excluding carboxylic acids is 1. The predicted octanol–water partition coefficient (Wildman–Crippen LogP) is 2.43. The first kappa shape index (κ1) is 14.9. The Bertz CT molecular complexity index is 444. The molecule has 0 saturated carbocycles. The van der Waals surface area contributed by atoms with Gasteiger partial charge < -0.3 is 15.4 Å². The van der Waals surface area contributed by atoms with Crippen molar-refractivity contribution >= 4 is 11.6 Å². The molecule has 0 bridgehead atoms. The lowest BCUT2D eigenvalue weighted by atomic mass is 10.0. The average Bonchev–Trinajstić information content (AvgIpc) is 2.86. The van der Waals surface area contributed by atoms with Crippen LogP contribution in [0.5, 0.6) is 0 Å². The Kier molecular flexibility index (Phi) is 5.01. The van der Waals surface area contributed by atoms with Crippen molar-refractivity contribution in [3.8, 4) is 0 Å². The first-order valence-electron chi connectivity index (χ1n) is 7.36. The van der Waals surface area contributed by atoms with Crippen molar-refractivity contribution in [1.82, 2.24) is 4.90 Å². The number of rotatable bonds is 5. The number of hydrogen-bond donors (Lipinski definition) is 1. The first-order valence-corrected chi connectivity index (χ1v) is 7.36. The summed E-state index contributed by atoms with van der Waals surface area (Å²) in [4.78, 5) is 14.6. The van der Waals surface area contributed by atoms with Crippen molar-refractivity contribution in [2.75, 3.05) is 18.9 Å². The van der Waals surface area contributed by atoms with Crippen molar-refractivity contribution < 1.29 is 9.53 Å². The van der Waals surface area contributed by atoms with Gasteiger partial charge in [-0.3, -0.25) is 4.79 Å². The van der Waals surface area contributed by atoms with Gasteiger partial charge in [-0.1, -0.05) is 19.1 Å². The van der Waals surface area contributed by atoms with Crippen LogP contribution < -0.4 is 5.73 Å². The third-order valence-corrected chi connectivity index (χ3v) is 3.85. The van der Waals surface area contributed by atoms with E-state index in [-0.39, 0.29) is 17.9 Å². The zero-order valence-electron chi connectivity index (χ0n) is 12.3. The Morgan fingerprint density at radius 3 is 2.65 bits per heavy atom. The maximum absolute atomic E-state index is 12.6. The molecule has 2 unspecified atom stereocenters. The van der Waals surface area contributed by atoms with E-state index >= 15 is 0 Å². The molecule has 1 fully saturated rings. The maximum Gasteiger partial charge on any atom is 0.228 e. The highest BCUT2D eigenvalue weighted by molar-refractivity contribution is 5.79. The fraction of sp³-hybridized carbons (Fsp3) is 0.562. The van der Waals surface area contributed by atoms with Gasteiger partial charge in [-0.15, -0.1) is 0 Å². The van der Waals surface area contributed by atoms with E-state index in [0.717, 1.165) is 30.6 Å². The van der Waals surface area contributed by atoms with Gasteiger partial charge in [0.25, 0.3) is 0 Å². The average molecular weight is 276 g/mol. The summed E-state index contributed by atoms with van der Waals surface area (Å²) in [7, 11) is 0. The number of nitrogen functional groups attached to an aromatic ring is 1. The van der Waals surface area contributed by atoms with Gasteiger partial charge in [-0.05, 0) is 37.5 Å². The van der Waals surface area contributed by atoms with E-state index in [0.29, 0.717) is 13.2 Å². The van der Waals surface area contributed by atoms with Crippen molar-refractivity contribution in [2.45, 2.75) is 39.3 Å². The van der Waals surface area contributed by atoms with Gasteiger partial charge in [-0.2, -0.15) is 0 Å². The fourth-order valence-electron chi connectivity index (χ4n) is 2.67. The van der Waals surface area contributed by atoms with Crippen molar-refractivity contribution in [3.05, 3.63) is 29.8 Å². The van der Waals surface area contributed by atoms with Crippen LogP contribution in [0.1, 0.15) is 32.3 Å². The molecule has 1 aromatic rings. The van der Waals surface area contributed by atoms with Crippen molar-refractivity contribution in [1.29, 1.82) is 0 Å². The molecule has 2 atom stereocenters. The van der Waals surface area contributed by atoms with Crippen LogP contribution in [0.2, 0.25) is 0 Å². The number of nitrogens with zero attached hydrogens (tertiary/aromatic N) is 1. The molecule has 1 heterocycles. The number of hydrogen-bond acceptors (Lipinski definition) is 3. The fourth-order valence-corrected chi connectivity index (χ4v) is 2.67. The molecule has 2 N–H and O–H groups in total. The highest BCUT2D eigenvalue weighted by Gasteiger charge is 2.33. The zero-order chi connectivity index (χ0) is 14.5. The van der Waals surface area contributed by atoms with E-state index in [4.69, 9.17) is 10.5 Å². The Balaban J connectivity index is 2.06. The topological polar surface area (TPSA) is 55.6 Å². The molecule has 0 aliphatic carbocycles. The largest absolute Gasteiger partial charge is 0.399 e. The molecule has 4 heteroatoms. The molecule has 0 spiro atoms.